The third kappa shape index (κ3) is 1.96. The number of benzene rings is 1. The van der Waals surface area contributed by atoms with Gasteiger partial charge in [-0.3, -0.25) is 4.79 Å². The Morgan fingerprint density at radius 1 is 1.60 bits per heavy atom. The number of methoxy groups -OCH3 is 1. The number of esters is 1. The molecule has 0 aliphatic heterocycles. The van der Waals surface area contributed by atoms with Crippen molar-refractivity contribution < 1.29 is 13.9 Å². The lowest BCUT2D eigenvalue weighted by Crippen LogP contribution is -2.05. The standard InChI is InChI=1S/C10H9FN2O2/c1-15-10(14)5-9-12-7-3-2-6(11)4-8(7)13-9/h2-4H,5H2,1H3,(H,12,13). The van der Waals surface area contributed by atoms with Crippen molar-refractivity contribution in [3.8, 4) is 0 Å². The number of fused-ring (bicyclic) bond motifs is 1. The Balaban J connectivity index is 2.34. The molecule has 4 nitrogen and oxygen atoms in total. The summed E-state index contributed by atoms with van der Waals surface area (Å²) in [6.45, 7) is 0. The first-order valence-corrected chi connectivity index (χ1v) is 4.40. The number of imidazole rings is 1. The van der Waals surface area contributed by atoms with Crippen LogP contribution in [0.3, 0.4) is 0 Å². The summed E-state index contributed by atoms with van der Waals surface area (Å²) < 4.78 is 17.3. The number of nitrogens with zero attached hydrogens (tertiary/aromatic N) is 1. The van der Waals surface area contributed by atoms with Crippen LogP contribution in [0.5, 0.6) is 0 Å². The predicted octanol–water partition coefficient (Wildman–Crippen LogP) is 1.42. The second-order valence-electron chi connectivity index (χ2n) is 3.10. The highest BCUT2D eigenvalue weighted by molar-refractivity contribution is 5.77. The smallest absolute Gasteiger partial charge is 0.313 e. The molecule has 0 unspecified atom stereocenters. The van der Waals surface area contributed by atoms with Crippen molar-refractivity contribution in [2.24, 2.45) is 0 Å². The topological polar surface area (TPSA) is 55.0 Å². The normalized spacial score (nSPS) is 10.5. The fourth-order valence-corrected chi connectivity index (χ4v) is 1.33. The van der Waals surface area contributed by atoms with Gasteiger partial charge in [-0.2, -0.15) is 0 Å². The monoisotopic (exact) mass is 208 g/mol. The van der Waals surface area contributed by atoms with Gasteiger partial charge in [0, 0.05) is 0 Å². The molecule has 2 rings (SSSR count). The van der Waals surface area contributed by atoms with Crippen LogP contribution >= 0.6 is 0 Å². The third-order valence-corrected chi connectivity index (χ3v) is 2.03. The van der Waals surface area contributed by atoms with E-state index in [1.165, 1.54) is 19.2 Å². The van der Waals surface area contributed by atoms with Crippen molar-refractivity contribution in [2.45, 2.75) is 6.42 Å². The van der Waals surface area contributed by atoms with Gasteiger partial charge in [0.15, 0.2) is 0 Å². The first-order chi connectivity index (χ1) is 7.19. The second kappa shape index (κ2) is 3.68. The summed E-state index contributed by atoms with van der Waals surface area (Å²) in [5, 5.41) is 0. The van der Waals surface area contributed by atoms with Gasteiger partial charge >= 0.3 is 5.97 Å². The molecule has 0 saturated heterocycles. The quantitative estimate of drug-likeness (QED) is 0.759. The largest absolute Gasteiger partial charge is 0.469 e. The van der Waals surface area contributed by atoms with E-state index in [0.717, 1.165) is 0 Å². The lowest BCUT2D eigenvalue weighted by Gasteiger charge is -1.93. The lowest BCUT2D eigenvalue weighted by molar-refractivity contribution is -0.139. The van der Waals surface area contributed by atoms with Gasteiger partial charge in [-0.25, -0.2) is 9.37 Å². The summed E-state index contributed by atoms with van der Waals surface area (Å²) in [6, 6.07) is 4.22. The van der Waals surface area contributed by atoms with E-state index in [4.69, 9.17) is 0 Å². The molecule has 5 heteroatoms. The molecule has 0 fully saturated rings. The highest BCUT2D eigenvalue weighted by Gasteiger charge is 2.08. The minimum absolute atomic E-state index is 0.0623. The number of H-pyrrole nitrogens is 1. The first-order valence-electron chi connectivity index (χ1n) is 4.40. The molecule has 2 aromatic rings. The van der Waals surface area contributed by atoms with Crippen molar-refractivity contribution in [1.29, 1.82) is 0 Å². The van der Waals surface area contributed by atoms with E-state index in [1.54, 1.807) is 6.07 Å². The van der Waals surface area contributed by atoms with E-state index in [-0.39, 0.29) is 18.2 Å². The predicted molar refractivity (Wildman–Crippen MR) is 51.8 cm³/mol. The average Bonchev–Trinajstić information content (AvgIpc) is 2.59. The van der Waals surface area contributed by atoms with Crippen LogP contribution < -0.4 is 0 Å². The summed E-state index contributed by atoms with van der Waals surface area (Å²) in [6.07, 6.45) is 0.0623. The maximum absolute atomic E-state index is 12.8. The Hall–Kier alpha value is -1.91. The lowest BCUT2D eigenvalue weighted by atomic mass is 10.3. The summed E-state index contributed by atoms with van der Waals surface area (Å²) in [5.74, 6) is -0.243. The van der Waals surface area contributed by atoms with E-state index in [1.807, 2.05) is 0 Å². The van der Waals surface area contributed by atoms with Crippen molar-refractivity contribution in [3.05, 3.63) is 29.8 Å². The van der Waals surface area contributed by atoms with Crippen molar-refractivity contribution in [3.63, 3.8) is 0 Å². The molecular weight excluding hydrogens is 199 g/mol. The maximum atomic E-state index is 12.8. The zero-order valence-corrected chi connectivity index (χ0v) is 8.08. The van der Waals surface area contributed by atoms with Crippen molar-refractivity contribution >= 4 is 17.0 Å². The molecule has 0 amide bonds. The molecule has 15 heavy (non-hydrogen) atoms. The number of hydrogen-bond acceptors (Lipinski definition) is 3. The SMILES string of the molecule is COC(=O)Cc1nc2ccc(F)cc2[nH]1. The fraction of sp³-hybridized carbons (Fsp3) is 0.200. The minimum Gasteiger partial charge on any atom is -0.469 e. The van der Waals surface area contributed by atoms with Crippen LogP contribution in [0.4, 0.5) is 4.39 Å². The first kappa shape index (κ1) is 9.64. The van der Waals surface area contributed by atoms with Gasteiger partial charge in [0.25, 0.3) is 0 Å². The van der Waals surface area contributed by atoms with E-state index in [0.29, 0.717) is 16.9 Å². The summed E-state index contributed by atoms with van der Waals surface area (Å²) in [4.78, 5) is 17.9. The number of nitrogens with one attached hydrogen (secondary N) is 1. The molecule has 0 aliphatic rings. The summed E-state index contributed by atoms with van der Waals surface area (Å²) in [7, 11) is 1.31. The maximum Gasteiger partial charge on any atom is 0.313 e. The molecule has 0 spiro atoms. The molecule has 0 saturated carbocycles. The Morgan fingerprint density at radius 2 is 2.40 bits per heavy atom. The Morgan fingerprint density at radius 3 is 3.13 bits per heavy atom. The van der Waals surface area contributed by atoms with Crippen LogP contribution in [0, 0.1) is 5.82 Å². The van der Waals surface area contributed by atoms with Gasteiger partial charge in [0.05, 0.1) is 18.1 Å². The molecule has 0 aliphatic carbocycles. The number of carbonyl (C=O) groups excluding carboxylic acids is 1. The molecule has 1 aromatic carbocycles. The highest BCUT2D eigenvalue weighted by Crippen LogP contribution is 2.13. The molecule has 0 bridgehead atoms. The van der Waals surface area contributed by atoms with Crippen molar-refractivity contribution in [1.82, 2.24) is 9.97 Å². The number of carbonyl (C=O) groups is 1. The van der Waals surface area contributed by atoms with Crippen LogP contribution in [0.2, 0.25) is 0 Å². The number of hydrogen-bond donors (Lipinski definition) is 1. The van der Waals surface area contributed by atoms with E-state index in [2.05, 4.69) is 14.7 Å². The van der Waals surface area contributed by atoms with Gasteiger partial charge in [-0.15, -0.1) is 0 Å². The minimum atomic E-state index is -0.380. The fourth-order valence-electron chi connectivity index (χ4n) is 1.33. The van der Waals surface area contributed by atoms with Crippen LogP contribution in [0.25, 0.3) is 11.0 Å². The molecule has 1 N–H and O–H groups in total. The Kier molecular flexibility index (Phi) is 2.37. The van der Waals surface area contributed by atoms with E-state index in [9.17, 15) is 9.18 Å². The van der Waals surface area contributed by atoms with Crippen LogP contribution in [0.1, 0.15) is 5.82 Å². The third-order valence-electron chi connectivity index (χ3n) is 2.03. The van der Waals surface area contributed by atoms with Gasteiger partial charge in [0.1, 0.15) is 18.1 Å². The van der Waals surface area contributed by atoms with Gasteiger partial charge in [-0.05, 0) is 18.2 Å². The van der Waals surface area contributed by atoms with Gasteiger partial charge in [-0.1, -0.05) is 0 Å². The highest BCUT2D eigenvalue weighted by atomic mass is 19.1. The molecule has 0 radical (unpaired) electrons. The molecule has 78 valence electrons. The van der Waals surface area contributed by atoms with Crippen LogP contribution in [0.15, 0.2) is 18.2 Å². The van der Waals surface area contributed by atoms with Gasteiger partial charge in [0.2, 0.25) is 0 Å². The van der Waals surface area contributed by atoms with Crippen LogP contribution in [-0.2, 0) is 16.0 Å². The second-order valence-corrected chi connectivity index (χ2v) is 3.10. The zero-order chi connectivity index (χ0) is 10.8. The Labute approximate surface area is 85.1 Å². The summed E-state index contributed by atoms with van der Waals surface area (Å²) in [5.41, 5.74) is 1.21. The number of rotatable bonds is 2. The summed E-state index contributed by atoms with van der Waals surface area (Å²) >= 11 is 0. The molecule has 1 heterocycles. The van der Waals surface area contributed by atoms with Crippen LogP contribution in [-0.4, -0.2) is 23.0 Å². The number of ether oxygens (including phenoxy) is 1. The van der Waals surface area contributed by atoms with E-state index < -0.39 is 0 Å². The number of aromatic nitrogens is 2. The van der Waals surface area contributed by atoms with Crippen molar-refractivity contribution in [2.75, 3.05) is 7.11 Å². The zero-order valence-electron chi connectivity index (χ0n) is 8.08. The van der Waals surface area contributed by atoms with Gasteiger partial charge < -0.3 is 9.72 Å². The van der Waals surface area contributed by atoms with E-state index >= 15 is 0 Å². The Bertz CT molecular complexity index is 507. The molecular formula is C10H9FN2O2. The number of aromatic amines is 1. The molecule has 1 aromatic heterocycles. The molecule has 0 atom stereocenters. The average molecular weight is 208 g/mol. The number of halogens is 1.